The van der Waals surface area contributed by atoms with Gasteiger partial charge in [-0.2, -0.15) is 0 Å². The van der Waals surface area contributed by atoms with E-state index in [1.807, 2.05) is 35.0 Å². The lowest BCUT2D eigenvalue weighted by atomic mass is 9.90. The van der Waals surface area contributed by atoms with Gasteiger partial charge in [-0.3, -0.25) is 14.5 Å². The van der Waals surface area contributed by atoms with Gasteiger partial charge in [0.25, 0.3) is 0 Å². The van der Waals surface area contributed by atoms with Crippen LogP contribution in [0, 0.1) is 12.8 Å². The van der Waals surface area contributed by atoms with E-state index < -0.39 is 0 Å². The highest BCUT2D eigenvalue weighted by atomic mass is 32.1. The predicted octanol–water partition coefficient (Wildman–Crippen LogP) is 4.11. The molecule has 0 radical (unpaired) electrons. The van der Waals surface area contributed by atoms with E-state index in [1.165, 1.54) is 21.6 Å². The summed E-state index contributed by atoms with van der Waals surface area (Å²) in [6.07, 6.45) is 1.57. The van der Waals surface area contributed by atoms with Gasteiger partial charge in [0.05, 0.1) is 6.04 Å². The Balaban J connectivity index is 1.42. The van der Waals surface area contributed by atoms with Gasteiger partial charge >= 0.3 is 0 Å². The Morgan fingerprint density at radius 1 is 1.09 bits per heavy atom. The molecule has 2 aliphatic rings. The molecule has 5 nitrogen and oxygen atoms in total. The third-order valence-corrected chi connectivity index (χ3v) is 7.92. The normalized spacial score (nSPS) is 21.7. The zero-order chi connectivity index (χ0) is 22.8. The Bertz CT molecular complexity index is 969. The van der Waals surface area contributed by atoms with Gasteiger partial charge < -0.3 is 9.80 Å². The molecule has 1 saturated heterocycles. The van der Waals surface area contributed by atoms with Gasteiger partial charge in [-0.05, 0) is 48.4 Å². The van der Waals surface area contributed by atoms with Crippen LogP contribution in [-0.4, -0.2) is 65.3 Å². The van der Waals surface area contributed by atoms with E-state index in [0.717, 1.165) is 19.5 Å². The molecule has 0 unspecified atom stereocenters. The fourth-order valence-electron chi connectivity index (χ4n) is 5.11. The van der Waals surface area contributed by atoms with Crippen molar-refractivity contribution in [3.8, 4) is 0 Å². The summed E-state index contributed by atoms with van der Waals surface area (Å²) in [5.74, 6) is 0.387. The summed E-state index contributed by atoms with van der Waals surface area (Å²) in [6, 6.07) is 11.2. The molecule has 32 heavy (non-hydrogen) atoms. The second-order valence-electron chi connectivity index (χ2n) is 9.47. The number of rotatable bonds is 5. The monoisotopic (exact) mass is 453 g/mol. The fraction of sp³-hybridized carbons (Fsp3) is 0.538. The molecule has 2 aromatic rings. The number of nitrogens with zero attached hydrogens (tertiary/aromatic N) is 3. The molecule has 2 amide bonds. The molecule has 172 valence electrons. The molecule has 2 aliphatic heterocycles. The summed E-state index contributed by atoms with van der Waals surface area (Å²) in [7, 11) is 0. The molecule has 0 bridgehead atoms. The first-order valence-electron chi connectivity index (χ1n) is 11.8. The van der Waals surface area contributed by atoms with Crippen LogP contribution in [0.2, 0.25) is 0 Å². The van der Waals surface area contributed by atoms with Crippen molar-refractivity contribution in [2.45, 2.75) is 52.6 Å². The topological polar surface area (TPSA) is 43.9 Å². The zero-order valence-electron chi connectivity index (χ0n) is 19.7. The van der Waals surface area contributed by atoms with Crippen LogP contribution < -0.4 is 0 Å². The lowest BCUT2D eigenvalue weighted by molar-refractivity contribution is -0.144. The summed E-state index contributed by atoms with van der Waals surface area (Å²) < 4.78 is 0. The second kappa shape index (κ2) is 9.75. The number of piperazine rings is 1. The second-order valence-corrected chi connectivity index (χ2v) is 10.5. The number of fused-ring (bicyclic) bond motifs is 1. The van der Waals surface area contributed by atoms with Crippen LogP contribution >= 0.6 is 11.3 Å². The van der Waals surface area contributed by atoms with Crippen molar-refractivity contribution in [2.75, 3.05) is 32.7 Å². The number of carbonyl (C=O) groups is 2. The first kappa shape index (κ1) is 23.0. The van der Waals surface area contributed by atoms with Crippen LogP contribution in [0.5, 0.6) is 0 Å². The molecule has 0 aliphatic carbocycles. The number of carbonyl (C=O) groups excluding carboxylic acids is 2. The van der Waals surface area contributed by atoms with Gasteiger partial charge in [-0.1, -0.05) is 38.1 Å². The lowest BCUT2D eigenvalue weighted by Crippen LogP contribution is -2.56. The van der Waals surface area contributed by atoms with Crippen molar-refractivity contribution >= 4 is 23.2 Å². The van der Waals surface area contributed by atoms with Gasteiger partial charge in [-0.15, -0.1) is 11.3 Å². The number of thiophene rings is 1. The highest BCUT2D eigenvalue weighted by molar-refractivity contribution is 7.10. The quantitative estimate of drug-likeness (QED) is 0.684. The number of hydrogen-bond acceptors (Lipinski definition) is 4. The van der Waals surface area contributed by atoms with E-state index in [4.69, 9.17) is 0 Å². The molecule has 1 aromatic heterocycles. The smallest absolute Gasteiger partial charge is 0.225 e. The van der Waals surface area contributed by atoms with Crippen molar-refractivity contribution in [3.63, 3.8) is 0 Å². The molecular formula is C26H35N3O2S. The van der Waals surface area contributed by atoms with E-state index in [9.17, 15) is 9.59 Å². The molecule has 6 heteroatoms. The SMILES string of the molecule is Cc1ccccc1[C@H]1c2ccsc2CCN1CCC(=O)N1CCN(C(=O)C(C)C)[C@H](C)C1. The van der Waals surface area contributed by atoms with Gasteiger partial charge in [0.2, 0.25) is 11.8 Å². The number of benzene rings is 1. The van der Waals surface area contributed by atoms with Crippen LogP contribution in [0.4, 0.5) is 0 Å². The van der Waals surface area contributed by atoms with E-state index in [1.54, 1.807) is 0 Å². The average Bonchev–Trinajstić information content (AvgIpc) is 3.26. The summed E-state index contributed by atoms with van der Waals surface area (Å²) in [4.78, 5) is 33.4. The maximum Gasteiger partial charge on any atom is 0.225 e. The highest BCUT2D eigenvalue weighted by Crippen LogP contribution is 2.38. The van der Waals surface area contributed by atoms with Gasteiger partial charge in [0.15, 0.2) is 0 Å². The molecule has 0 N–H and O–H groups in total. The van der Waals surface area contributed by atoms with Crippen LogP contribution in [0.15, 0.2) is 35.7 Å². The van der Waals surface area contributed by atoms with Crippen molar-refractivity contribution < 1.29 is 9.59 Å². The minimum Gasteiger partial charge on any atom is -0.339 e. The Labute approximate surface area is 196 Å². The Hall–Kier alpha value is -2.18. The largest absolute Gasteiger partial charge is 0.339 e. The number of aryl methyl sites for hydroxylation is 1. The Kier molecular flexibility index (Phi) is 7.01. The van der Waals surface area contributed by atoms with E-state index in [0.29, 0.717) is 26.1 Å². The van der Waals surface area contributed by atoms with Gasteiger partial charge in [0.1, 0.15) is 0 Å². The van der Waals surface area contributed by atoms with Gasteiger partial charge in [-0.25, -0.2) is 0 Å². The predicted molar refractivity (Wildman–Crippen MR) is 130 cm³/mol. The van der Waals surface area contributed by atoms with Crippen LogP contribution in [0.3, 0.4) is 0 Å². The summed E-state index contributed by atoms with van der Waals surface area (Å²) in [6.45, 7) is 11.8. The number of amides is 2. The Morgan fingerprint density at radius 3 is 2.59 bits per heavy atom. The van der Waals surface area contributed by atoms with Crippen molar-refractivity contribution in [2.24, 2.45) is 5.92 Å². The first-order chi connectivity index (χ1) is 15.4. The van der Waals surface area contributed by atoms with Gasteiger partial charge in [0, 0.05) is 56.0 Å². The van der Waals surface area contributed by atoms with Crippen LogP contribution in [0.25, 0.3) is 0 Å². The van der Waals surface area contributed by atoms with Crippen molar-refractivity contribution in [3.05, 3.63) is 57.3 Å². The lowest BCUT2D eigenvalue weighted by Gasteiger charge is -2.41. The molecule has 1 fully saturated rings. The Morgan fingerprint density at radius 2 is 1.88 bits per heavy atom. The van der Waals surface area contributed by atoms with E-state index in [2.05, 4.69) is 54.5 Å². The molecule has 3 heterocycles. The standard InChI is InChI=1S/C26H35N3O2S/c1-18(2)26(31)29-15-14-28(17-20(29)4)24(30)10-13-27-12-9-23-22(11-16-32-23)25(27)21-8-6-5-7-19(21)3/h5-8,11,16,18,20,25H,9-10,12-15,17H2,1-4H3/t20-,25+/m1/s1. The summed E-state index contributed by atoms with van der Waals surface area (Å²) in [5, 5.41) is 2.20. The third kappa shape index (κ3) is 4.62. The zero-order valence-corrected chi connectivity index (χ0v) is 20.5. The summed E-state index contributed by atoms with van der Waals surface area (Å²) in [5.41, 5.74) is 4.04. The average molecular weight is 454 g/mol. The van der Waals surface area contributed by atoms with E-state index >= 15 is 0 Å². The highest BCUT2D eigenvalue weighted by Gasteiger charge is 2.33. The third-order valence-electron chi connectivity index (χ3n) is 6.92. The minimum atomic E-state index is -0.000763. The first-order valence-corrected chi connectivity index (χ1v) is 12.7. The maximum absolute atomic E-state index is 13.1. The maximum atomic E-state index is 13.1. The van der Waals surface area contributed by atoms with Crippen LogP contribution in [-0.2, 0) is 16.0 Å². The molecular weight excluding hydrogens is 418 g/mol. The van der Waals surface area contributed by atoms with Crippen LogP contribution in [0.1, 0.15) is 54.8 Å². The molecule has 4 rings (SSSR count). The molecule has 0 saturated carbocycles. The summed E-state index contributed by atoms with van der Waals surface area (Å²) >= 11 is 1.85. The molecule has 1 aromatic carbocycles. The minimum absolute atomic E-state index is 0.000763. The van der Waals surface area contributed by atoms with Crippen molar-refractivity contribution in [1.29, 1.82) is 0 Å². The van der Waals surface area contributed by atoms with E-state index in [-0.39, 0.29) is 29.8 Å². The fourth-order valence-corrected chi connectivity index (χ4v) is 6.01. The molecule has 0 spiro atoms. The number of hydrogen-bond donors (Lipinski definition) is 0. The van der Waals surface area contributed by atoms with Crippen molar-refractivity contribution in [1.82, 2.24) is 14.7 Å². The molecule has 2 atom stereocenters.